The van der Waals surface area contributed by atoms with Crippen LogP contribution in [0.15, 0.2) is 23.7 Å². The number of imidazole rings is 1. The summed E-state index contributed by atoms with van der Waals surface area (Å²) in [6, 6.07) is 0. The van der Waals surface area contributed by atoms with Crippen molar-refractivity contribution in [3.05, 3.63) is 24.3 Å². The first-order chi connectivity index (χ1) is 9.60. The number of hydrogen-bond donors (Lipinski definition) is 1. The average molecular weight is 296 g/mol. The highest BCUT2D eigenvalue weighted by molar-refractivity contribution is 7.99. The number of carboxylic acid groups (broad SMARTS) is 1. The molecule has 0 unspecified atom stereocenters. The topological polar surface area (TPSA) is 82.2 Å². The van der Waals surface area contributed by atoms with Crippen molar-refractivity contribution in [3.63, 3.8) is 0 Å². The Kier molecular flexibility index (Phi) is 4.80. The second-order valence-corrected chi connectivity index (χ2v) is 5.11. The minimum absolute atomic E-state index is 0.0196. The van der Waals surface area contributed by atoms with Crippen LogP contribution >= 0.6 is 11.8 Å². The Morgan fingerprint density at radius 1 is 1.50 bits per heavy atom. The number of rotatable bonds is 7. The van der Waals surface area contributed by atoms with Crippen molar-refractivity contribution in [2.75, 3.05) is 19.5 Å². The molecule has 0 aliphatic rings. The number of methoxy groups -OCH3 is 1. The predicted molar refractivity (Wildman–Crippen MR) is 74.3 cm³/mol. The molecule has 0 aliphatic heterocycles. The van der Waals surface area contributed by atoms with Crippen molar-refractivity contribution in [1.82, 2.24) is 19.3 Å². The molecule has 2 aromatic rings. The fourth-order valence-electron chi connectivity index (χ4n) is 1.67. The zero-order chi connectivity index (χ0) is 14.5. The van der Waals surface area contributed by atoms with E-state index in [-0.39, 0.29) is 5.75 Å². The van der Waals surface area contributed by atoms with E-state index >= 15 is 0 Å². The first kappa shape index (κ1) is 14.6. The molecule has 0 aliphatic carbocycles. The molecule has 0 bridgehead atoms. The van der Waals surface area contributed by atoms with E-state index in [1.807, 2.05) is 23.9 Å². The monoisotopic (exact) mass is 296 g/mol. The van der Waals surface area contributed by atoms with Gasteiger partial charge in [-0.05, 0) is 6.92 Å². The van der Waals surface area contributed by atoms with Crippen molar-refractivity contribution < 1.29 is 14.6 Å². The quantitative estimate of drug-likeness (QED) is 0.773. The Morgan fingerprint density at radius 2 is 2.30 bits per heavy atom. The summed E-state index contributed by atoms with van der Waals surface area (Å²) in [7, 11) is 1.64. The molecule has 0 aromatic carbocycles. The molecule has 108 valence electrons. The number of hydrogen-bond acceptors (Lipinski definition) is 5. The molecule has 1 N–H and O–H groups in total. The molecule has 0 fully saturated rings. The molecule has 0 saturated heterocycles. The lowest BCUT2D eigenvalue weighted by Crippen LogP contribution is -2.04. The van der Waals surface area contributed by atoms with E-state index in [2.05, 4.69) is 10.1 Å². The van der Waals surface area contributed by atoms with Crippen molar-refractivity contribution >= 4 is 17.7 Å². The minimum Gasteiger partial charge on any atom is -0.481 e. The molecule has 20 heavy (non-hydrogen) atoms. The highest BCUT2D eigenvalue weighted by Crippen LogP contribution is 2.21. The normalized spacial score (nSPS) is 10.9. The molecule has 7 nitrogen and oxygen atoms in total. The number of aryl methyl sites for hydroxylation is 1. The SMILES string of the molecule is COCCn1cc(-n2cc(C)nc2SCC(=O)O)cn1. The third-order valence-electron chi connectivity index (χ3n) is 2.54. The predicted octanol–water partition coefficient (Wildman–Crippen LogP) is 1.20. The summed E-state index contributed by atoms with van der Waals surface area (Å²) in [6.45, 7) is 3.13. The summed E-state index contributed by atoms with van der Waals surface area (Å²) in [5, 5.41) is 13.6. The van der Waals surface area contributed by atoms with Crippen LogP contribution in [0.4, 0.5) is 0 Å². The largest absolute Gasteiger partial charge is 0.481 e. The van der Waals surface area contributed by atoms with Crippen LogP contribution in [-0.2, 0) is 16.1 Å². The minimum atomic E-state index is -0.863. The van der Waals surface area contributed by atoms with Gasteiger partial charge < -0.3 is 9.84 Å². The second kappa shape index (κ2) is 6.58. The van der Waals surface area contributed by atoms with Crippen LogP contribution in [-0.4, -0.2) is 49.9 Å². The maximum Gasteiger partial charge on any atom is 0.313 e. The maximum absolute atomic E-state index is 10.7. The van der Waals surface area contributed by atoms with E-state index in [0.29, 0.717) is 18.3 Å². The van der Waals surface area contributed by atoms with Crippen LogP contribution in [0.2, 0.25) is 0 Å². The van der Waals surface area contributed by atoms with Gasteiger partial charge in [0.1, 0.15) is 0 Å². The Morgan fingerprint density at radius 3 is 3.00 bits per heavy atom. The summed E-state index contributed by atoms with van der Waals surface area (Å²) in [4.78, 5) is 15.0. The van der Waals surface area contributed by atoms with Gasteiger partial charge in [-0.3, -0.25) is 14.0 Å². The molecule has 0 atom stereocenters. The van der Waals surface area contributed by atoms with E-state index in [1.165, 1.54) is 11.8 Å². The molecular formula is C12H16N4O3S. The van der Waals surface area contributed by atoms with Gasteiger partial charge in [0.2, 0.25) is 0 Å². The zero-order valence-electron chi connectivity index (χ0n) is 11.3. The molecule has 8 heteroatoms. The highest BCUT2D eigenvalue weighted by atomic mass is 32.2. The average Bonchev–Trinajstić information content (AvgIpc) is 3.00. The smallest absolute Gasteiger partial charge is 0.313 e. The van der Waals surface area contributed by atoms with Crippen molar-refractivity contribution in [1.29, 1.82) is 0 Å². The number of carbonyl (C=O) groups is 1. The molecule has 2 aromatic heterocycles. The van der Waals surface area contributed by atoms with Crippen LogP contribution in [0.1, 0.15) is 5.69 Å². The van der Waals surface area contributed by atoms with Crippen LogP contribution in [0.5, 0.6) is 0 Å². The fraction of sp³-hybridized carbons (Fsp3) is 0.417. The van der Waals surface area contributed by atoms with Gasteiger partial charge in [-0.1, -0.05) is 11.8 Å². The first-order valence-corrected chi connectivity index (χ1v) is 7.01. The van der Waals surface area contributed by atoms with Crippen molar-refractivity contribution in [2.45, 2.75) is 18.6 Å². The number of aromatic nitrogens is 4. The summed E-state index contributed by atoms with van der Waals surface area (Å²) in [5.41, 5.74) is 1.69. The Hall–Kier alpha value is -1.80. The van der Waals surface area contributed by atoms with Crippen molar-refractivity contribution in [3.8, 4) is 5.69 Å². The number of nitrogens with zero attached hydrogens (tertiary/aromatic N) is 4. The van der Waals surface area contributed by atoms with Gasteiger partial charge >= 0.3 is 5.97 Å². The van der Waals surface area contributed by atoms with E-state index in [0.717, 1.165) is 11.4 Å². The van der Waals surface area contributed by atoms with Gasteiger partial charge in [-0.2, -0.15) is 5.10 Å². The summed E-state index contributed by atoms with van der Waals surface area (Å²) < 4.78 is 8.63. The molecule has 2 heterocycles. The molecule has 0 radical (unpaired) electrons. The van der Waals surface area contributed by atoms with Gasteiger partial charge in [0.15, 0.2) is 5.16 Å². The number of thioether (sulfide) groups is 1. The van der Waals surface area contributed by atoms with Gasteiger partial charge in [0, 0.05) is 19.5 Å². The van der Waals surface area contributed by atoms with Gasteiger partial charge in [0.05, 0.1) is 36.5 Å². The lowest BCUT2D eigenvalue weighted by Gasteiger charge is -2.03. The maximum atomic E-state index is 10.7. The van der Waals surface area contributed by atoms with Gasteiger partial charge in [-0.25, -0.2) is 4.98 Å². The lowest BCUT2D eigenvalue weighted by atomic mass is 10.5. The van der Waals surface area contributed by atoms with E-state index < -0.39 is 5.97 Å². The zero-order valence-corrected chi connectivity index (χ0v) is 12.1. The summed E-state index contributed by atoms with van der Waals surface area (Å²) in [5.74, 6) is -0.883. The Labute approximate surface area is 120 Å². The van der Waals surface area contributed by atoms with Crippen molar-refractivity contribution in [2.24, 2.45) is 0 Å². The van der Waals surface area contributed by atoms with E-state index in [9.17, 15) is 4.79 Å². The fourth-order valence-corrected chi connectivity index (χ4v) is 2.43. The summed E-state index contributed by atoms with van der Waals surface area (Å²) >= 11 is 1.19. The standard InChI is InChI=1S/C12H16N4O3S/c1-9-6-16(12(14-9)20-8-11(17)18)10-5-13-15(7-10)3-4-19-2/h5-7H,3-4,8H2,1-2H3,(H,17,18). The molecule has 0 saturated carbocycles. The molecule has 0 spiro atoms. The third-order valence-corrected chi connectivity index (χ3v) is 3.48. The molecule has 2 rings (SSSR count). The second-order valence-electron chi connectivity index (χ2n) is 4.17. The Bertz CT molecular complexity index is 593. The van der Waals surface area contributed by atoms with Gasteiger partial charge in [0.25, 0.3) is 0 Å². The van der Waals surface area contributed by atoms with Crippen LogP contribution in [0.25, 0.3) is 5.69 Å². The third kappa shape index (κ3) is 3.61. The Balaban J connectivity index is 2.18. The van der Waals surface area contributed by atoms with Crippen LogP contribution in [0, 0.1) is 6.92 Å². The lowest BCUT2D eigenvalue weighted by molar-refractivity contribution is -0.133. The van der Waals surface area contributed by atoms with E-state index in [4.69, 9.17) is 9.84 Å². The van der Waals surface area contributed by atoms with Crippen LogP contribution in [0.3, 0.4) is 0 Å². The first-order valence-electron chi connectivity index (χ1n) is 6.02. The number of carboxylic acids is 1. The highest BCUT2D eigenvalue weighted by Gasteiger charge is 2.11. The molecule has 0 amide bonds. The van der Waals surface area contributed by atoms with Gasteiger partial charge in [-0.15, -0.1) is 0 Å². The number of aliphatic carboxylic acids is 1. The summed E-state index contributed by atoms with van der Waals surface area (Å²) in [6.07, 6.45) is 5.47. The molecular weight excluding hydrogens is 280 g/mol. The van der Waals surface area contributed by atoms with E-state index in [1.54, 1.807) is 18.0 Å². The number of ether oxygens (including phenoxy) is 1. The van der Waals surface area contributed by atoms with Crippen LogP contribution < -0.4 is 0 Å².